The zero-order chi connectivity index (χ0) is 14.3. The van der Waals surface area contributed by atoms with Crippen LogP contribution >= 0.6 is 11.6 Å². The molecule has 0 bridgehead atoms. The van der Waals surface area contributed by atoms with Crippen LogP contribution in [0.25, 0.3) is 0 Å². The van der Waals surface area contributed by atoms with Crippen molar-refractivity contribution in [1.82, 2.24) is 0 Å². The molecule has 0 unspecified atom stereocenters. The number of nitrogens with zero attached hydrogens (tertiary/aromatic N) is 1. The summed E-state index contributed by atoms with van der Waals surface area (Å²) in [6.45, 7) is 0.552. The smallest absolute Gasteiger partial charge is 0.259 e. The van der Waals surface area contributed by atoms with Crippen LogP contribution < -0.4 is 10.6 Å². The third-order valence-corrected chi connectivity index (χ3v) is 3.78. The predicted octanol–water partition coefficient (Wildman–Crippen LogP) is 3.26. The minimum absolute atomic E-state index is 0.118. The molecule has 0 saturated carbocycles. The maximum absolute atomic E-state index is 13.1. The fourth-order valence-corrected chi connectivity index (χ4v) is 2.73. The number of amides is 1. The van der Waals surface area contributed by atoms with Crippen LogP contribution in [0.2, 0.25) is 5.02 Å². The fourth-order valence-electron chi connectivity index (χ4n) is 2.48. The van der Waals surface area contributed by atoms with Crippen LogP contribution in [0.3, 0.4) is 0 Å². The van der Waals surface area contributed by atoms with Crippen molar-refractivity contribution in [2.75, 3.05) is 17.2 Å². The van der Waals surface area contributed by atoms with E-state index in [4.69, 9.17) is 17.3 Å². The van der Waals surface area contributed by atoms with Gasteiger partial charge in [0.05, 0.1) is 10.6 Å². The van der Waals surface area contributed by atoms with Crippen LogP contribution in [0.4, 0.5) is 15.8 Å². The molecule has 2 N–H and O–H groups in total. The molecule has 0 radical (unpaired) electrons. The molecule has 20 heavy (non-hydrogen) atoms. The summed E-state index contributed by atoms with van der Waals surface area (Å²) in [5.74, 6) is -0.697. The van der Waals surface area contributed by atoms with Crippen molar-refractivity contribution < 1.29 is 9.18 Å². The van der Waals surface area contributed by atoms with Crippen molar-refractivity contribution in [2.45, 2.75) is 6.42 Å². The minimum atomic E-state index is -0.461. The van der Waals surface area contributed by atoms with Crippen molar-refractivity contribution >= 4 is 28.9 Å². The Morgan fingerprint density at radius 1 is 1.30 bits per heavy atom. The number of nitrogen functional groups attached to an aromatic ring is 1. The first-order chi connectivity index (χ1) is 9.58. The lowest BCUT2D eigenvalue weighted by Crippen LogP contribution is -2.29. The van der Waals surface area contributed by atoms with Gasteiger partial charge in [0.1, 0.15) is 5.82 Å². The Balaban J connectivity index is 2.00. The molecule has 1 heterocycles. The van der Waals surface area contributed by atoms with E-state index in [1.165, 1.54) is 12.1 Å². The van der Waals surface area contributed by atoms with E-state index in [0.29, 0.717) is 24.2 Å². The molecule has 5 heteroatoms. The van der Waals surface area contributed by atoms with Gasteiger partial charge in [-0.3, -0.25) is 4.79 Å². The first-order valence-electron chi connectivity index (χ1n) is 6.22. The van der Waals surface area contributed by atoms with E-state index in [-0.39, 0.29) is 10.9 Å². The highest BCUT2D eigenvalue weighted by atomic mass is 35.5. The fraction of sp³-hybridized carbons (Fsp3) is 0.133. The van der Waals surface area contributed by atoms with E-state index < -0.39 is 5.82 Å². The quantitative estimate of drug-likeness (QED) is 0.819. The SMILES string of the molecule is Nc1cccc2c1CCN2C(=O)c1ccc(F)cc1Cl. The summed E-state index contributed by atoms with van der Waals surface area (Å²) in [5, 5.41) is 0.118. The third kappa shape index (κ3) is 2.02. The van der Waals surface area contributed by atoms with Crippen molar-refractivity contribution in [3.63, 3.8) is 0 Å². The third-order valence-electron chi connectivity index (χ3n) is 3.47. The lowest BCUT2D eigenvalue weighted by Gasteiger charge is -2.18. The van der Waals surface area contributed by atoms with Gasteiger partial charge in [0.2, 0.25) is 0 Å². The van der Waals surface area contributed by atoms with E-state index in [2.05, 4.69) is 0 Å². The topological polar surface area (TPSA) is 46.3 Å². The Hall–Kier alpha value is -2.07. The normalized spacial score (nSPS) is 13.4. The number of hydrogen-bond donors (Lipinski definition) is 1. The van der Waals surface area contributed by atoms with E-state index >= 15 is 0 Å². The molecule has 0 fully saturated rings. The zero-order valence-corrected chi connectivity index (χ0v) is 11.3. The van der Waals surface area contributed by atoms with Gasteiger partial charge in [-0.1, -0.05) is 17.7 Å². The van der Waals surface area contributed by atoms with Gasteiger partial charge in [-0.25, -0.2) is 4.39 Å². The second-order valence-corrected chi connectivity index (χ2v) is 5.08. The molecule has 0 aromatic heterocycles. The number of halogens is 2. The Morgan fingerprint density at radius 3 is 2.85 bits per heavy atom. The van der Waals surface area contributed by atoms with E-state index in [1.807, 2.05) is 18.2 Å². The van der Waals surface area contributed by atoms with Crippen LogP contribution in [0, 0.1) is 5.82 Å². The minimum Gasteiger partial charge on any atom is -0.398 e. The van der Waals surface area contributed by atoms with Gasteiger partial charge in [0.25, 0.3) is 5.91 Å². The van der Waals surface area contributed by atoms with Gasteiger partial charge in [-0.2, -0.15) is 0 Å². The summed E-state index contributed by atoms with van der Waals surface area (Å²) in [6.07, 6.45) is 0.715. The molecule has 2 aromatic carbocycles. The zero-order valence-electron chi connectivity index (χ0n) is 10.6. The first kappa shape index (κ1) is 12.9. The summed E-state index contributed by atoms with van der Waals surface area (Å²) >= 11 is 5.95. The largest absolute Gasteiger partial charge is 0.398 e. The standard InChI is InChI=1S/C15H12ClFN2O/c16-12-8-9(17)4-5-10(12)15(20)19-7-6-11-13(18)2-1-3-14(11)19/h1-5,8H,6-7,18H2. The predicted molar refractivity (Wildman–Crippen MR) is 77.6 cm³/mol. The summed E-state index contributed by atoms with van der Waals surface area (Å²) < 4.78 is 13.1. The number of anilines is 2. The van der Waals surface area contributed by atoms with Crippen molar-refractivity contribution in [2.24, 2.45) is 0 Å². The van der Waals surface area contributed by atoms with Gasteiger partial charge < -0.3 is 10.6 Å². The van der Waals surface area contributed by atoms with Crippen LogP contribution in [0.5, 0.6) is 0 Å². The van der Waals surface area contributed by atoms with E-state index in [0.717, 1.165) is 17.3 Å². The molecule has 1 aliphatic heterocycles. The van der Waals surface area contributed by atoms with Crippen LogP contribution in [-0.2, 0) is 6.42 Å². The number of fused-ring (bicyclic) bond motifs is 1. The first-order valence-corrected chi connectivity index (χ1v) is 6.60. The van der Waals surface area contributed by atoms with Gasteiger partial charge in [0, 0.05) is 23.5 Å². The second-order valence-electron chi connectivity index (χ2n) is 4.68. The number of nitrogens with two attached hydrogens (primary N) is 1. The van der Waals surface area contributed by atoms with Crippen molar-refractivity contribution in [3.8, 4) is 0 Å². The molecule has 3 rings (SSSR count). The maximum atomic E-state index is 13.1. The molecule has 3 nitrogen and oxygen atoms in total. The molecule has 0 aliphatic carbocycles. The number of carbonyl (C=O) groups is 1. The van der Waals surface area contributed by atoms with Gasteiger partial charge >= 0.3 is 0 Å². The Bertz CT molecular complexity index is 702. The Labute approximate surface area is 120 Å². The summed E-state index contributed by atoms with van der Waals surface area (Å²) in [4.78, 5) is 14.2. The van der Waals surface area contributed by atoms with Crippen LogP contribution in [0.1, 0.15) is 15.9 Å². The molecular weight excluding hydrogens is 279 g/mol. The lowest BCUT2D eigenvalue weighted by atomic mass is 10.1. The van der Waals surface area contributed by atoms with E-state index in [9.17, 15) is 9.18 Å². The molecule has 0 atom stereocenters. The number of carbonyl (C=O) groups excluding carboxylic acids is 1. The Morgan fingerprint density at radius 2 is 2.10 bits per heavy atom. The maximum Gasteiger partial charge on any atom is 0.259 e. The average Bonchev–Trinajstić information content (AvgIpc) is 2.83. The Kier molecular flexibility index (Phi) is 3.10. The van der Waals surface area contributed by atoms with Crippen molar-refractivity contribution in [3.05, 3.63) is 58.4 Å². The molecule has 0 spiro atoms. The monoisotopic (exact) mass is 290 g/mol. The lowest BCUT2D eigenvalue weighted by molar-refractivity contribution is 0.0989. The number of rotatable bonds is 1. The van der Waals surface area contributed by atoms with Gasteiger partial charge in [0.15, 0.2) is 0 Å². The highest BCUT2D eigenvalue weighted by Crippen LogP contribution is 2.33. The summed E-state index contributed by atoms with van der Waals surface area (Å²) in [5.41, 5.74) is 8.66. The highest BCUT2D eigenvalue weighted by Gasteiger charge is 2.27. The second kappa shape index (κ2) is 4.80. The molecule has 1 amide bonds. The van der Waals surface area contributed by atoms with Crippen LogP contribution in [-0.4, -0.2) is 12.5 Å². The number of benzene rings is 2. The molecule has 0 saturated heterocycles. The average molecular weight is 291 g/mol. The number of hydrogen-bond acceptors (Lipinski definition) is 2. The molecule has 1 aliphatic rings. The summed E-state index contributed by atoms with van der Waals surface area (Å²) in [7, 11) is 0. The van der Waals surface area contributed by atoms with Crippen LogP contribution in [0.15, 0.2) is 36.4 Å². The van der Waals surface area contributed by atoms with Crippen molar-refractivity contribution in [1.29, 1.82) is 0 Å². The van der Waals surface area contributed by atoms with Gasteiger partial charge in [-0.15, -0.1) is 0 Å². The molecule has 2 aromatic rings. The van der Waals surface area contributed by atoms with E-state index in [1.54, 1.807) is 4.90 Å². The highest BCUT2D eigenvalue weighted by molar-refractivity contribution is 6.34. The van der Waals surface area contributed by atoms with Gasteiger partial charge in [-0.05, 0) is 36.8 Å². The molecule has 102 valence electrons. The summed E-state index contributed by atoms with van der Waals surface area (Å²) in [6, 6.07) is 9.27. The molecular formula is C15H12ClFN2O.